The van der Waals surface area contributed by atoms with E-state index in [9.17, 15) is 4.79 Å². The average molecular weight is 145 g/mol. The topological polar surface area (TPSA) is 92.6 Å². The van der Waals surface area contributed by atoms with Crippen molar-refractivity contribution in [1.29, 1.82) is 0 Å². The van der Waals surface area contributed by atoms with E-state index in [1.54, 1.807) is 0 Å². The second-order valence-corrected chi connectivity index (χ2v) is 1.72. The van der Waals surface area contributed by atoms with Gasteiger partial charge in [0.15, 0.2) is 0 Å². The highest BCUT2D eigenvalue weighted by Crippen LogP contribution is 1.83. The molecule has 5 heteroatoms. The van der Waals surface area contributed by atoms with Crippen molar-refractivity contribution in [1.82, 2.24) is 5.01 Å². The van der Waals surface area contributed by atoms with E-state index in [4.69, 9.17) is 16.7 Å². The monoisotopic (exact) mass is 145 g/mol. The Balaban J connectivity index is 3.39. The minimum atomic E-state index is -0.874. The third-order valence-corrected chi connectivity index (χ3v) is 0.861. The van der Waals surface area contributed by atoms with E-state index in [2.05, 4.69) is 0 Å². The quantitative estimate of drug-likeness (QED) is 0.351. The molecule has 0 atom stereocenters. The molecule has 0 aromatic rings. The fraction of sp³-hybridized carbons (Fsp3) is 0.400. The lowest BCUT2D eigenvalue weighted by Crippen LogP contribution is -2.27. The van der Waals surface area contributed by atoms with Crippen LogP contribution in [0.15, 0.2) is 12.4 Å². The third kappa shape index (κ3) is 4.92. The molecule has 10 heavy (non-hydrogen) atoms. The summed E-state index contributed by atoms with van der Waals surface area (Å²) in [6.07, 6.45) is 2.67. The van der Waals surface area contributed by atoms with Crippen molar-refractivity contribution < 1.29 is 9.90 Å². The Kier molecular flexibility index (Phi) is 4.06. The standard InChI is InChI=1S/C5H11N3O2/c6-2-4-8(7)3-1-5(9)10/h2,4H,1,3,6-7H2,(H,9,10)/b4-2-. The van der Waals surface area contributed by atoms with Gasteiger partial charge in [0, 0.05) is 18.9 Å². The minimum Gasteiger partial charge on any atom is -0.481 e. The Morgan fingerprint density at radius 2 is 2.30 bits per heavy atom. The highest BCUT2D eigenvalue weighted by molar-refractivity contribution is 5.66. The number of hydrazine groups is 1. The largest absolute Gasteiger partial charge is 0.481 e. The van der Waals surface area contributed by atoms with Crippen molar-refractivity contribution in [3.8, 4) is 0 Å². The second-order valence-electron chi connectivity index (χ2n) is 1.72. The van der Waals surface area contributed by atoms with E-state index in [0.29, 0.717) is 0 Å². The van der Waals surface area contributed by atoms with Crippen LogP contribution in [0.25, 0.3) is 0 Å². The van der Waals surface area contributed by atoms with Crippen LogP contribution in [0.3, 0.4) is 0 Å². The first-order chi connectivity index (χ1) is 4.66. The molecule has 0 bridgehead atoms. The molecule has 0 amide bonds. The number of carbonyl (C=O) groups is 1. The molecular weight excluding hydrogens is 134 g/mol. The molecule has 0 saturated carbocycles. The Morgan fingerprint density at radius 3 is 2.70 bits per heavy atom. The Labute approximate surface area is 58.9 Å². The first-order valence-corrected chi connectivity index (χ1v) is 2.78. The lowest BCUT2D eigenvalue weighted by molar-refractivity contribution is -0.137. The molecule has 0 aromatic heterocycles. The van der Waals surface area contributed by atoms with Crippen molar-refractivity contribution in [2.24, 2.45) is 11.6 Å². The van der Waals surface area contributed by atoms with Crippen LogP contribution in [0.4, 0.5) is 0 Å². The summed E-state index contributed by atoms with van der Waals surface area (Å²) in [5.41, 5.74) is 4.99. The zero-order valence-electron chi connectivity index (χ0n) is 5.53. The SMILES string of the molecule is N/C=C\N(N)CCC(=O)O. The normalized spacial score (nSPS) is 10.1. The van der Waals surface area contributed by atoms with Crippen LogP contribution < -0.4 is 11.6 Å². The Hall–Kier alpha value is -1.23. The van der Waals surface area contributed by atoms with Crippen LogP contribution in [0.2, 0.25) is 0 Å². The van der Waals surface area contributed by atoms with Gasteiger partial charge in [0.05, 0.1) is 6.42 Å². The van der Waals surface area contributed by atoms with E-state index >= 15 is 0 Å². The Morgan fingerprint density at radius 1 is 1.70 bits per heavy atom. The zero-order chi connectivity index (χ0) is 7.98. The molecule has 0 heterocycles. The van der Waals surface area contributed by atoms with Crippen molar-refractivity contribution in [2.45, 2.75) is 6.42 Å². The highest BCUT2D eigenvalue weighted by atomic mass is 16.4. The summed E-state index contributed by atoms with van der Waals surface area (Å²) in [6, 6.07) is 0. The number of aliphatic carboxylic acids is 1. The first-order valence-electron chi connectivity index (χ1n) is 2.78. The number of carboxylic acids is 1. The number of carboxylic acid groups (broad SMARTS) is 1. The van der Waals surface area contributed by atoms with Crippen LogP contribution in [-0.4, -0.2) is 22.6 Å². The van der Waals surface area contributed by atoms with Gasteiger partial charge in [0.1, 0.15) is 0 Å². The highest BCUT2D eigenvalue weighted by Gasteiger charge is 1.97. The number of hydrogen-bond acceptors (Lipinski definition) is 4. The van der Waals surface area contributed by atoms with Gasteiger partial charge in [-0.05, 0) is 0 Å². The molecule has 0 saturated heterocycles. The predicted molar refractivity (Wildman–Crippen MR) is 36.5 cm³/mol. The van der Waals surface area contributed by atoms with Crippen LogP contribution in [0, 0.1) is 0 Å². The summed E-state index contributed by atoms with van der Waals surface area (Å²) in [6.45, 7) is 0.267. The van der Waals surface area contributed by atoms with E-state index < -0.39 is 5.97 Å². The van der Waals surface area contributed by atoms with Gasteiger partial charge >= 0.3 is 5.97 Å². The maximum Gasteiger partial charge on any atom is 0.305 e. The minimum absolute atomic E-state index is 0.0147. The van der Waals surface area contributed by atoms with Crippen LogP contribution >= 0.6 is 0 Å². The number of hydrogen-bond donors (Lipinski definition) is 3. The summed E-state index contributed by atoms with van der Waals surface area (Å²) < 4.78 is 0. The molecule has 0 radical (unpaired) electrons. The van der Waals surface area contributed by atoms with Crippen molar-refractivity contribution in [3.63, 3.8) is 0 Å². The van der Waals surface area contributed by atoms with E-state index in [1.165, 1.54) is 17.4 Å². The maximum atomic E-state index is 9.97. The fourth-order valence-electron chi connectivity index (χ4n) is 0.410. The van der Waals surface area contributed by atoms with E-state index in [-0.39, 0.29) is 13.0 Å². The van der Waals surface area contributed by atoms with Gasteiger partial charge in [-0.25, -0.2) is 5.84 Å². The molecule has 0 rings (SSSR count). The third-order valence-electron chi connectivity index (χ3n) is 0.861. The number of nitrogens with zero attached hydrogens (tertiary/aromatic N) is 1. The summed E-state index contributed by atoms with van der Waals surface area (Å²) in [4.78, 5) is 9.97. The van der Waals surface area contributed by atoms with Gasteiger partial charge in [-0.1, -0.05) is 0 Å². The lowest BCUT2D eigenvalue weighted by atomic mass is 10.4. The molecule has 0 unspecified atom stereocenters. The summed E-state index contributed by atoms with van der Waals surface area (Å²) >= 11 is 0. The molecule has 0 aromatic carbocycles. The molecule has 0 fully saturated rings. The first kappa shape index (κ1) is 8.77. The second kappa shape index (κ2) is 4.63. The molecule has 58 valence electrons. The van der Waals surface area contributed by atoms with Gasteiger partial charge < -0.3 is 15.8 Å². The Bertz CT molecular complexity index is 135. The van der Waals surface area contributed by atoms with Crippen LogP contribution in [-0.2, 0) is 4.79 Å². The van der Waals surface area contributed by atoms with E-state index in [0.717, 1.165) is 0 Å². The molecule has 0 aliphatic heterocycles. The average Bonchev–Trinajstić information content (AvgIpc) is 1.85. The summed E-state index contributed by atoms with van der Waals surface area (Å²) in [7, 11) is 0. The number of nitrogens with two attached hydrogens (primary N) is 2. The van der Waals surface area contributed by atoms with Crippen molar-refractivity contribution in [2.75, 3.05) is 6.54 Å². The summed E-state index contributed by atoms with van der Waals surface area (Å²) in [5.74, 6) is 4.36. The smallest absolute Gasteiger partial charge is 0.305 e. The van der Waals surface area contributed by atoms with Gasteiger partial charge in [0.25, 0.3) is 0 Å². The van der Waals surface area contributed by atoms with Gasteiger partial charge in [0.2, 0.25) is 0 Å². The van der Waals surface area contributed by atoms with Crippen molar-refractivity contribution in [3.05, 3.63) is 12.4 Å². The molecule has 5 N–H and O–H groups in total. The molecular formula is C5H11N3O2. The molecule has 0 aliphatic rings. The molecule has 5 nitrogen and oxygen atoms in total. The number of rotatable bonds is 4. The molecule has 0 spiro atoms. The van der Waals surface area contributed by atoms with Gasteiger partial charge in [-0.2, -0.15) is 0 Å². The van der Waals surface area contributed by atoms with E-state index in [1.807, 2.05) is 0 Å². The van der Waals surface area contributed by atoms with Gasteiger partial charge in [-0.15, -0.1) is 0 Å². The van der Waals surface area contributed by atoms with Gasteiger partial charge in [-0.3, -0.25) is 4.79 Å². The molecule has 0 aliphatic carbocycles. The van der Waals surface area contributed by atoms with Crippen LogP contribution in [0.5, 0.6) is 0 Å². The lowest BCUT2D eigenvalue weighted by Gasteiger charge is -2.09. The van der Waals surface area contributed by atoms with Crippen LogP contribution in [0.1, 0.15) is 6.42 Å². The fourth-order valence-corrected chi connectivity index (χ4v) is 0.410. The maximum absolute atomic E-state index is 9.97. The zero-order valence-corrected chi connectivity index (χ0v) is 5.53. The van der Waals surface area contributed by atoms with Crippen molar-refractivity contribution >= 4 is 5.97 Å². The summed E-state index contributed by atoms with van der Waals surface area (Å²) in [5, 5.41) is 9.41. The predicted octanol–water partition coefficient (Wildman–Crippen LogP) is -0.933.